The molecule has 0 fully saturated rings. The number of likely N-dealkylation sites (N-methyl/N-ethyl adjacent to an activating group) is 1. The van der Waals surface area contributed by atoms with E-state index in [1.165, 1.54) is 0 Å². The SMILES string of the molecule is CCNC(=NCC(=O)N(CC)Cc1ccccc1)NCc1ncc(C(C)(C)C)o1. The second kappa shape index (κ2) is 10.6. The van der Waals surface area contributed by atoms with Crippen LogP contribution in [0, 0.1) is 0 Å². The summed E-state index contributed by atoms with van der Waals surface area (Å²) >= 11 is 0. The zero-order valence-electron chi connectivity index (χ0n) is 18.2. The van der Waals surface area contributed by atoms with Crippen LogP contribution >= 0.6 is 0 Å². The summed E-state index contributed by atoms with van der Waals surface area (Å²) in [6.07, 6.45) is 1.76. The normalized spacial score (nSPS) is 12.0. The predicted molar refractivity (Wildman–Crippen MR) is 116 cm³/mol. The third kappa shape index (κ3) is 7.25. The molecule has 0 radical (unpaired) electrons. The molecule has 1 amide bonds. The number of benzene rings is 1. The van der Waals surface area contributed by atoms with E-state index in [0.29, 0.717) is 38.0 Å². The summed E-state index contributed by atoms with van der Waals surface area (Å²) in [7, 11) is 0. The molecule has 0 spiro atoms. The molecule has 0 bridgehead atoms. The van der Waals surface area contributed by atoms with Crippen molar-refractivity contribution in [2.75, 3.05) is 19.6 Å². The van der Waals surface area contributed by atoms with Crippen LogP contribution in [-0.2, 0) is 23.3 Å². The van der Waals surface area contributed by atoms with Crippen molar-refractivity contribution in [3.05, 3.63) is 53.7 Å². The van der Waals surface area contributed by atoms with E-state index in [-0.39, 0.29) is 17.9 Å². The molecule has 2 rings (SSSR count). The van der Waals surface area contributed by atoms with Crippen LogP contribution in [0.25, 0.3) is 0 Å². The van der Waals surface area contributed by atoms with Crippen LogP contribution in [0.15, 0.2) is 45.9 Å². The monoisotopic (exact) mass is 399 g/mol. The second-order valence-corrected chi connectivity index (χ2v) is 7.81. The van der Waals surface area contributed by atoms with Crippen molar-refractivity contribution in [3.8, 4) is 0 Å². The van der Waals surface area contributed by atoms with Crippen LogP contribution < -0.4 is 10.6 Å². The minimum Gasteiger partial charge on any atom is -0.443 e. The molecule has 0 aliphatic heterocycles. The van der Waals surface area contributed by atoms with E-state index in [1.807, 2.05) is 44.2 Å². The highest BCUT2D eigenvalue weighted by atomic mass is 16.4. The third-order valence-electron chi connectivity index (χ3n) is 4.37. The summed E-state index contributed by atoms with van der Waals surface area (Å²) in [5.41, 5.74) is 1.02. The Hall–Kier alpha value is -2.83. The first-order chi connectivity index (χ1) is 13.8. The van der Waals surface area contributed by atoms with Crippen molar-refractivity contribution in [2.45, 2.75) is 53.1 Å². The maximum Gasteiger partial charge on any atom is 0.244 e. The van der Waals surface area contributed by atoms with E-state index in [0.717, 1.165) is 11.3 Å². The first-order valence-corrected chi connectivity index (χ1v) is 10.1. The third-order valence-corrected chi connectivity index (χ3v) is 4.37. The van der Waals surface area contributed by atoms with E-state index < -0.39 is 0 Å². The van der Waals surface area contributed by atoms with Gasteiger partial charge in [0.2, 0.25) is 11.8 Å². The van der Waals surface area contributed by atoms with Gasteiger partial charge in [0.05, 0.1) is 12.7 Å². The smallest absolute Gasteiger partial charge is 0.244 e. The van der Waals surface area contributed by atoms with Crippen molar-refractivity contribution >= 4 is 11.9 Å². The van der Waals surface area contributed by atoms with E-state index in [2.05, 4.69) is 41.4 Å². The van der Waals surface area contributed by atoms with Crippen LogP contribution in [0.4, 0.5) is 0 Å². The molecule has 0 saturated heterocycles. The lowest BCUT2D eigenvalue weighted by atomic mass is 9.94. The summed E-state index contributed by atoms with van der Waals surface area (Å²) < 4.78 is 5.79. The van der Waals surface area contributed by atoms with E-state index in [4.69, 9.17) is 4.42 Å². The fraction of sp³-hybridized carbons (Fsp3) is 0.500. The fourth-order valence-electron chi connectivity index (χ4n) is 2.67. The molecule has 2 N–H and O–H groups in total. The Kier molecular flexibility index (Phi) is 8.24. The Labute approximate surface area is 173 Å². The number of amides is 1. The van der Waals surface area contributed by atoms with Crippen LogP contribution in [0.2, 0.25) is 0 Å². The second-order valence-electron chi connectivity index (χ2n) is 7.81. The van der Waals surface area contributed by atoms with Gasteiger partial charge in [0.15, 0.2) is 5.96 Å². The number of hydrogen-bond donors (Lipinski definition) is 2. The molecule has 0 unspecified atom stereocenters. The van der Waals surface area contributed by atoms with Gasteiger partial charge < -0.3 is 20.0 Å². The highest BCUT2D eigenvalue weighted by Crippen LogP contribution is 2.22. The molecular formula is C22H33N5O2. The molecule has 0 atom stereocenters. The number of hydrogen-bond acceptors (Lipinski definition) is 4. The van der Waals surface area contributed by atoms with Crippen molar-refractivity contribution in [3.63, 3.8) is 0 Å². The summed E-state index contributed by atoms with van der Waals surface area (Å²) in [6, 6.07) is 9.97. The van der Waals surface area contributed by atoms with Gasteiger partial charge in [0.1, 0.15) is 12.3 Å². The first-order valence-electron chi connectivity index (χ1n) is 10.1. The van der Waals surface area contributed by atoms with Gasteiger partial charge in [-0.05, 0) is 19.4 Å². The molecule has 1 heterocycles. The Bertz CT molecular complexity index is 793. The molecule has 0 aliphatic rings. The summed E-state index contributed by atoms with van der Waals surface area (Å²) in [5, 5.41) is 6.33. The van der Waals surface area contributed by atoms with E-state index in [9.17, 15) is 4.79 Å². The highest BCUT2D eigenvalue weighted by molar-refractivity contribution is 5.84. The quantitative estimate of drug-likeness (QED) is 0.527. The molecule has 7 nitrogen and oxygen atoms in total. The standard InChI is InChI=1S/C22H33N5O2/c1-6-23-21(25-14-19-24-13-18(29-19)22(3,4)5)26-15-20(28)27(7-2)16-17-11-9-8-10-12-17/h8-13H,6-7,14-16H2,1-5H3,(H2,23,25,26). The summed E-state index contributed by atoms with van der Waals surface area (Å²) in [6.45, 7) is 12.6. The molecule has 1 aromatic heterocycles. The maximum absolute atomic E-state index is 12.6. The Morgan fingerprint density at radius 2 is 1.90 bits per heavy atom. The number of oxazole rings is 1. The average molecular weight is 400 g/mol. The molecule has 0 aliphatic carbocycles. The van der Waals surface area contributed by atoms with Crippen LogP contribution in [-0.4, -0.2) is 41.4 Å². The minimum absolute atomic E-state index is 0.0142. The maximum atomic E-state index is 12.6. The van der Waals surface area contributed by atoms with Gasteiger partial charge in [-0.1, -0.05) is 51.1 Å². The van der Waals surface area contributed by atoms with Crippen LogP contribution in [0.1, 0.15) is 51.8 Å². The first kappa shape index (κ1) is 22.5. The zero-order chi connectivity index (χ0) is 21.3. The van der Waals surface area contributed by atoms with Gasteiger partial charge >= 0.3 is 0 Å². The molecule has 2 aromatic rings. The topological polar surface area (TPSA) is 82.8 Å². The van der Waals surface area contributed by atoms with Crippen molar-refractivity contribution in [1.29, 1.82) is 0 Å². The van der Waals surface area contributed by atoms with Crippen LogP contribution in [0.3, 0.4) is 0 Å². The summed E-state index contributed by atoms with van der Waals surface area (Å²) in [5.74, 6) is 1.98. The van der Waals surface area contributed by atoms with E-state index in [1.54, 1.807) is 11.1 Å². The number of aliphatic imine (C=N–C) groups is 1. The van der Waals surface area contributed by atoms with Gasteiger partial charge in [0, 0.05) is 25.0 Å². The van der Waals surface area contributed by atoms with Crippen molar-refractivity contribution in [2.24, 2.45) is 4.99 Å². The van der Waals surface area contributed by atoms with E-state index >= 15 is 0 Å². The Balaban J connectivity index is 1.94. The number of guanidine groups is 1. The number of rotatable bonds is 8. The number of nitrogens with one attached hydrogen (secondary N) is 2. The minimum atomic E-state index is -0.0847. The predicted octanol–water partition coefficient (Wildman–Crippen LogP) is 3.08. The van der Waals surface area contributed by atoms with Gasteiger partial charge in [0.25, 0.3) is 0 Å². The Morgan fingerprint density at radius 3 is 2.48 bits per heavy atom. The number of carbonyl (C=O) groups is 1. The largest absolute Gasteiger partial charge is 0.443 e. The number of aromatic nitrogens is 1. The van der Waals surface area contributed by atoms with Gasteiger partial charge in [-0.25, -0.2) is 9.98 Å². The Morgan fingerprint density at radius 1 is 1.17 bits per heavy atom. The molecule has 7 heteroatoms. The van der Waals surface area contributed by atoms with Crippen molar-refractivity contribution < 1.29 is 9.21 Å². The average Bonchev–Trinajstić information content (AvgIpc) is 3.18. The van der Waals surface area contributed by atoms with Gasteiger partial charge in [-0.15, -0.1) is 0 Å². The fourth-order valence-corrected chi connectivity index (χ4v) is 2.67. The molecule has 158 valence electrons. The molecule has 29 heavy (non-hydrogen) atoms. The molecular weight excluding hydrogens is 366 g/mol. The van der Waals surface area contributed by atoms with Gasteiger partial charge in [-0.3, -0.25) is 4.79 Å². The highest BCUT2D eigenvalue weighted by Gasteiger charge is 2.19. The zero-order valence-corrected chi connectivity index (χ0v) is 18.2. The van der Waals surface area contributed by atoms with Crippen LogP contribution in [0.5, 0.6) is 0 Å². The molecule has 1 aromatic carbocycles. The lowest BCUT2D eigenvalue weighted by Gasteiger charge is -2.20. The summed E-state index contributed by atoms with van der Waals surface area (Å²) in [4.78, 5) is 23.1. The van der Waals surface area contributed by atoms with Crippen molar-refractivity contribution in [1.82, 2.24) is 20.5 Å². The van der Waals surface area contributed by atoms with Gasteiger partial charge in [-0.2, -0.15) is 0 Å². The lowest BCUT2D eigenvalue weighted by Crippen LogP contribution is -2.39. The number of nitrogens with zero attached hydrogens (tertiary/aromatic N) is 3. The number of carbonyl (C=O) groups excluding carboxylic acids is 1. The molecule has 0 saturated carbocycles. The lowest BCUT2D eigenvalue weighted by molar-refractivity contribution is -0.130.